The molecule has 2 fully saturated rings. The second-order valence-electron chi connectivity index (χ2n) is 7.20. The topological polar surface area (TPSA) is 103 Å². The molecule has 0 aliphatic carbocycles. The highest BCUT2D eigenvalue weighted by Crippen LogP contribution is 2.30. The van der Waals surface area contributed by atoms with Gasteiger partial charge in [-0.2, -0.15) is 0 Å². The Kier molecular flexibility index (Phi) is 7.42. The fourth-order valence-electron chi connectivity index (χ4n) is 3.54. The third kappa shape index (κ3) is 5.68. The third-order valence-electron chi connectivity index (χ3n) is 5.18. The summed E-state index contributed by atoms with van der Waals surface area (Å²) in [6.07, 6.45) is 2.16. The summed E-state index contributed by atoms with van der Waals surface area (Å²) in [5.41, 5.74) is 0.927. The Morgan fingerprint density at radius 1 is 1.17 bits per heavy atom. The molecular formula is C20H29N5O4. The molecule has 158 valence electrons. The number of hydrogen-bond acceptors (Lipinski definition) is 6. The van der Waals surface area contributed by atoms with Gasteiger partial charge in [0, 0.05) is 51.3 Å². The van der Waals surface area contributed by atoms with Crippen LogP contribution in [0.5, 0.6) is 5.75 Å². The SMILES string of the molecule is COc1ccc(C(=O)NCCCCN2CCNCC2)cc1N1CCC(=O)NC1=O. The number of rotatable bonds is 8. The second-order valence-corrected chi connectivity index (χ2v) is 7.20. The minimum absolute atomic E-state index is 0.190. The number of benzene rings is 1. The molecule has 0 atom stereocenters. The molecule has 9 nitrogen and oxygen atoms in total. The number of piperazine rings is 1. The van der Waals surface area contributed by atoms with Crippen molar-refractivity contribution in [1.82, 2.24) is 20.9 Å². The normalized spacial score (nSPS) is 17.8. The Bertz CT molecular complexity index is 748. The van der Waals surface area contributed by atoms with Gasteiger partial charge in [0.15, 0.2) is 0 Å². The maximum absolute atomic E-state index is 12.5. The third-order valence-corrected chi connectivity index (χ3v) is 5.18. The predicted octanol–water partition coefficient (Wildman–Crippen LogP) is 0.557. The van der Waals surface area contributed by atoms with Crippen LogP contribution in [-0.2, 0) is 4.79 Å². The molecule has 0 saturated carbocycles. The average Bonchev–Trinajstić information content (AvgIpc) is 2.73. The van der Waals surface area contributed by atoms with Crippen molar-refractivity contribution < 1.29 is 19.1 Å². The van der Waals surface area contributed by atoms with E-state index in [1.807, 2.05) is 0 Å². The summed E-state index contributed by atoms with van der Waals surface area (Å²) in [7, 11) is 1.50. The van der Waals surface area contributed by atoms with Gasteiger partial charge in [-0.1, -0.05) is 0 Å². The molecule has 2 heterocycles. The molecule has 0 aromatic heterocycles. The van der Waals surface area contributed by atoms with E-state index in [0.717, 1.165) is 45.6 Å². The van der Waals surface area contributed by atoms with Crippen molar-refractivity contribution in [2.45, 2.75) is 19.3 Å². The van der Waals surface area contributed by atoms with Gasteiger partial charge >= 0.3 is 6.03 Å². The summed E-state index contributed by atoms with van der Waals surface area (Å²) in [4.78, 5) is 39.9. The van der Waals surface area contributed by atoms with Gasteiger partial charge in [0.2, 0.25) is 5.91 Å². The fourth-order valence-corrected chi connectivity index (χ4v) is 3.54. The van der Waals surface area contributed by atoms with Crippen LogP contribution in [-0.4, -0.2) is 75.7 Å². The number of carbonyl (C=O) groups excluding carboxylic acids is 3. The van der Waals surface area contributed by atoms with Gasteiger partial charge in [-0.05, 0) is 37.6 Å². The molecule has 4 amide bonds. The molecule has 0 bridgehead atoms. The van der Waals surface area contributed by atoms with Gasteiger partial charge in [0.1, 0.15) is 5.75 Å². The van der Waals surface area contributed by atoms with Crippen LogP contribution < -0.4 is 25.6 Å². The van der Waals surface area contributed by atoms with E-state index >= 15 is 0 Å². The maximum Gasteiger partial charge on any atom is 0.328 e. The molecule has 2 saturated heterocycles. The summed E-state index contributed by atoms with van der Waals surface area (Å²) in [5, 5.41) is 8.56. The largest absolute Gasteiger partial charge is 0.495 e. The lowest BCUT2D eigenvalue weighted by Crippen LogP contribution is -2.49. The number of methoxy groups -OCH3 is 1. The number of nitrogens with one attached hydrogen (secondary N) is 3. The van der Waals surface area contributed by atoms with Crippen LogP contribution in [0.1, 0.15) is 29.6 Å². The van der Waals surface area contributed by atoms with Gasteiger partial charge in [0.05, 0.1) is 12.8 Å². The molecule has 3 rings (SSSR count). The number of imide groups is 1. The van der Waals surface area contributed by atoms with Crippen molar-refractivity contribution in [3.05, 3.63) is 23.8 Å². The van der Waals surface area contributed by atoms with Gasteiger partial charge in [-0.25, -0.2) is 4.79 Å². The first-order valence-electron chi connectivity index (χ1n) is 10.1. The number of anilines is 1. The minimum atomic E-state index is -0.509. The number of ether oxygens (including phenoxy) is 1. The number of nitrogens with zero attached hydrogens (tertiary/aromatic N) is 2. The summed E-state index contributed by atoms with van der Waals surface area (Å²) in [6, 6.07) is 4.46. The Hall–Kier alpha value is -2.65. The molecule has 0 unspecified atom stereocenters. The van der Waals surface area contributed by atoms with Crippen molar-refractivity contribution >= 4 is 23.5 Å². The van der Waals surface area contributed by atoms with Gasteiger partial charge in [0.25, 0.3) is 5.91 Å². The molecule has 1 aromatic carbocycles. The van der Waals surface area contributed by atoms with Crippen molar-refractivity contribution in [2.75, 3.05) is 57.8 Å². The predicted molar refractivity (Wildman–Crippen MR) is 109 cm³/mol. The van der Waals surface area contributed by atoms with Crippen LogP contribution in [0.15, 0.2) is 18.2 Å². The minimum Gasteiger partial charge on any atom is -0.495 e. The van der Waals surface area contributed by atoms with Crippen molar-refractivity contribution in [3.8, 4) is 5.75 Å². The fraction of sp³-hybridized carbons (Fsp3) is 0.550. The monoisotopic (exact) mass is 403 g/mol. The van der Waals surface area contributed by atoms with Crippen molar-refractivity contribution in [1.29, 1.82) is 0 Å². The first-order valence-corrected chi connectivity index (χ1v) is 10.1. The molecule has 2 aliphatic heterocycles. The number of urea groups is 1. The Morgan fingerprint density at radius 2 is 1.97 bits per heavy atom. The summed E-state index contributed by atoms with van der Waals surface area (Å²) in [5.74, 6) is -0.0217. The van der Waals surface area contributed by atoms with Crippen LogP contribution in [0, 0.1) is 0 Å². The Labute approximate surface area is 170 Å². The van der Waals surface area contributed by atoms with E-state index in [4.69, 9.17) is 4.74 Å². The van der Waals surface area contributed by atoms with E-state index in [1.165, 1.54) is 12.0 Å². The standard InChI is InChI=1S/C20H29N5O4/c1-29-17-5-4-15(14-16(17)25-11-6-18(26)23-20(25)28)19(27)22-7-2-3-10-24-12-8-21-9-13-24/h4-5,14,21H,2-3,6-13H2,1H3,(H,22,27)(H,23,26,28). The van der Waals surface area contributed by atoms with E-state index in [-0.39, 0.29) is 24.8 Å². The number of carbonyl (C=O) groups is 3. The van der Waals surface area contributed by atoms with Crippen molar-refractivity contribution in [2.24, 2.45) is 0 Å². The highest BCUT2D eigenvalue weighted by molar-refractivity contribution is 6.07. The zero-order chi connectivity index (χ0) is 20.6. The average molecular weight is 403 g/mol. The summed E-state index contributed by atoms with van der Waals surface area (Å²) < 4.78 is 5.33. The quantitative estimate of drug-likeness (QED) is 0.548. The van der Waals surface area contributed by atoms with E-state index < -0.39 is 6.03 Å². The lowest BCUT2D eigenvalue weighted by atomic mass is 10.1. The molecular weight excluding hydrogens is 374 g/mol. The molecule has 1 aromatic rings. The van der Waals surface area contributed by atoms with Crippen molar-refractivity contribution in [3.63, 3.8) is 0 Å². The van der Waals surface area contributed by atoms with Crippen LogP contribution in [0.25, 0.3) is 0 Å². The van der Waals surface area contributed by atoms with Crippen LogP contribution in [0.4, 0.5) is 10.5 Å². The van der Waals surface area contributed by atoms with E-state index in [2.05, 4.69) is 20.9 Å². The van der Waals surface area contributed by atoms with Gasteiger partial charge in [-0.3, -0.25) is 19.8 Å². The first-order chi connectivity index (χ1) is 14.1. The first kappa shape index (κ1) is 21.1. The molecule has 0 spiro atoms. The zero-order valence-electron chi connectivity index (χ0n) is 16.8. The zero-order valence-corrected chi connectivity index (χ0v) is 16.8. The summed E-state index contributed by atoms with van der Waals surface area (Å²) >= 11 is 0. The molecule has 0 radical (unpaired) electrons. The Morgan fingerprint density at radius 3 is 2.69 bits per heavy atom. The Balaban J connectivity index is 1.53. The lowest BCUT2D eigenvalue weighted by Gasteiger charge is -2.28. The second kappa shape index (κ2) is 10.2. The molecule has 29 heavy (non-hydrogen) atoms. The van der Waals surface area contributed by atoms with Crippen LogP contribution in [0.2, 0.25) is 0 Å². The van der Waals surface area contributed by atoms with E-state index in [0.29, 0.717) is 23.5 Å². The van der Waals surface area contributed by atoms with Crippen LogP contribution in [0.3, 0.4) is 0 Å². The van der Waals surface area contributed by atoms with E-state index in [1.54, 1.807) is 18.2 Å². The van der Waals surface area contributed by atoms with Crippen LogP contribution >= 0.6 is 0 Å². The lowest BCUT2D eigenvalue weighted by molar-refractivity contribution is -0.120. The number of unbranched alkanes of at least 4 members (excludes halogenated alkanes) is 1. The van der Waals surface area contributed by atoms with E-state index in [9.17, 15) is 14.4 Å². The van der Waals surface area contributed by atoms with Gasteiger partial charge in [-0.15, -0.1) is 0 Å². The highest BCUT2D eigenvalue weighted by Gasteiger charge is 2.27. The maximum atomic E-state index is 12.5. The number of amides is 4. The van der Waals surface area contributed by atoms with Gasteiger partial charge < -0.3 is 20.3 Å². The molecule has 2 aliphatic rings. The smallest absolute Gasteiger partial charge is 0.328 e. The highest BCUT2D eigenvalue weighted by atomic mass is 16.5. The summed E-state index contributed by atoms with van der Waals surface area (Å²) in [6.45, 7) is 6.14. The molecule has 3 N–H and O–H groups in total. The molecule has 9 heteroatoms. The number of hydrogen-bond donors (Lipinski definition) is 3.